The molecule has 0 N–H and O–H groups in total. The number of carbonyl (C=O) groups excluding carboxylic acids is 3. The molecule has 3 amide bonds. The minimum absolute atomic E-state index is 0.0234. The third kappa shape index (κ3) is 5.88. The van der Waals surface area contributed by atoms with Crippen molar-refractivity contribution in [1.29, 1.82) is 0 Å². The highest BCUT2D eigenvalue weighted by Gasteiger charge is 2.55. The summed E-state index contributed by atoms with van der Waals surface area (Å²) in [6.07, 6.45) is 1.65. The van der Waals surface area contributed by atoms with Gasteiger partial charge < -0.3 is 14.7 Å². The van der Waals surface area contributed by atoms with Gasteiger partial charge in [-0.15, -0.1) is 0 Å². The highest BCUT2D eigenvalue weighted by atomic mass is 35.5. The topological polar surface area (TPSA) is 98.3 Å². The van der Waals surface area contributed by atoms with E-state index in [0.717, 1.165) is 12.0 Å². The SMILES string of the molecule is CC(C)N1CC2N(C(=O)C(N3CCCCCC3=O)CN2S(=O)(=O)c2ccc(Cl)cc2Cl)C(Cc2ccc(Cl)cc2)C1=O. The zero-order valence-corrected chi connectivity index (χ0v) is 26.5. The molecule has 3 atom stereocenters. The van der Waals surface area contributed by atoms with Gasteiger partial charge in [0, 0.05) is 42.0 Å². The van der Waals surface area contributed by atoms with Crippen LogP contribution in [0.1, 0.15) is 45.1 Å². The van der Waals surface area contributed by atoms with E-state index in [-0.39, 0.29) is 58.7 Å². The lowest BCUT2D eigenvalue weighted by Gasteiger charge is -2.55. The quantitative estimate of drug-likeness (QED) is 0.459. The van der Waals surface area contributed by atoms with Gasteiger partial charge in [0.15, 0.2) is 0 Å². The highest BCUT2D eigenvalue weighted by Crippen LogP contribution is 2.36. The van der Waals surface area contributed by atoms with Gasteiger partial charge in [-0.25, -0.2) is 8.42 Å². The first-order valence-electron chi connectivity index (χ1n) is 14.0. The fraction of sp³-hybridized carbons (Fsp3) is 0.483. The Morgan fingerprint density at radius 3 is 2.24 bits per heavy atom. The molecule has 42 heavy (non-hydrogen) atoms. The van der Waals surface area contributed by atoms with Crippen LogP contribution >= 0.6 is 34.8 Å². The minimum atomic E-state index is -4.31. The average Bonchev–Trinajstić information content (AvgIpc) is 3.14. The molecule has 3 unspecified atom stereocenters. The predicted molar refractivity (Wildman–Crippen MR) is 161 cm³/mol. The van der Waals surface area contributed by atoms with E-state index in [0.29, 0.717) is 24.4 Å². The number of carbonyl (C=O) groups is 3. The second kappa shape index (κ2) is 12.3. The van der Waals surface area contributed by atoms with E-state index in [2.05, 4.69) is 0 Å². The highest BCUT2D eigenvalue weighted by molar-refractivity contribution is 7.89. The molecule has 0 aliphatic carbocycles. The second-order valence-electron chi connectivity index (χ2n) is 11.2. The summed E-state index contributed by atoms with van der Waals surface area (Å²) >= 11 is 18.6. The van der Waals surface area contributed by atoms with Crippen LogP contribution in [0.5, 0.6) is 0 Å². The van der Waals surface area contributed by atoms with Crippen molar-refractivity contribution >= 4 is 62.5 Å². The van der Waals surface area contributed by atoms with Crippen LogP contribution in [-0.2, 0) is 30.8 Å². The van der Waals surface area contributed by atoms with Gasteiger partial charge in [-0.05, 0) is 62.6 Å². The van der Waals surface area contributed by atoms with Gasteiger partial charge in [0.2, 0.25) is 27.7 Å². The molecule has 0 aromatic heterocycles. The number of likely N-dealkylation sites (tertiary alicyclic amines) is 1. The van der Waals surface area contributed by atoms with E-state index in [1.807, 2.05) is 13.8 Å². The van der Waals surface area contributed by atoms with Crippen LogP contribution in [0.15, 0.2) is 47.4 Å². The molecule has 0 radical (unpaired) electrons. The molecule has 3 aliphatic rings. The number of sulfonamides is 1. The largest absolute Gasteiger partial charge is 0.335 e. The van der Waals surface area contributed by atoms with E-state index >= 15 is 0 Å². The number of benzene rings is 2. The summed E-state index contributed by atoms with van der Waals surface area (Å²) < 4.78 is 30.0. The molecule has 13 heteroatoms. The third-order valence-electron chi connectivity index (χ3n) is 8.24. The van der Waals surface area contributed by atoms with Gasteiger partial charge in [0.25, 0.3) is 0 Å². The van der Waals surface area contributed by atoms with Gasteiger partial charge in [0.1, 0.15) is 23.1 Å². The number of amides is 3. The van der Waals surface area contributed by atoms with Crippen molar-refractivity contribution in [1.82, 2.24) is 19.0 Å². The Labute approximate surface area is 261 Å². The van der Waals surface area contributed by atoms with Crippen molar-refractivity contribution in [2.45, 2.75) is 75.1 Å². The number of fused-ring (bicyclic) bond motifs is 1. The summed E-state index contributed by atoms with van der Waals surface area (Å²) in [5.74, 6) is -0.915. The van der Waals surface area contributed by atoms with Crippen molar-refractivity contribution in [2.75, 3.05) is 19.6 Å². The van der Waals surface area contributed by atoms with Crippen LogP contribution in [0.25, 0.3) is 0 Å². The van der Waals surface area contributed by atoms with Crippen LogP contribution in [0.3, 0.4) is 0 Å². The van der Waals surface area contributed by atoms with Crippen molar-refractivity contribution in [2.24, 2.45) is 0 Å². The second-order valence-corrected chi connectivity index (χ2v) is 14.4. The minimum Gasteiger partial charge on any atom is -0.335 e. The van der Waals surface area contributed by atoms with Gasteiger partial charge in [0.05, 0.1) is 11.6 Å². The molecule has 3 aliphatic heterocycles. The summed E-state index contributed by atoms with van der Waals surface area (Å²) in [5.41, 5.74) is 0.762. The van der Waals surface area contributed by atoms with E-state index in [4.69, 9.17) is 34.8 Å². The Morgan fingerprint density at radius 2 is 1.57 bits per heavy atom. The summed E-state index contributed by atoms with van der Waals surface area (Å²) in [4.78, 5) is 45.9. The lowest BCUT2D eigenvalue weighted by molar-refractivity contribution is -0.173. The normalized spacial score (nSPS) is 24.3. The zero-order chi connectivity index (χ0) is 30.3. The molecule has 2 aromatic carbocycles. The standard InChI is InChI=1S/C29H33Cl3N4O5S/c1-18(2)34-17-26-35(42(40,41)25-12-11-21(31)15-22(25)32)16-24(33-13-5-3-4-6-27(33)37)29(39)36(26)23(28(34)38)14-19-7-9-20(30)10-8-19/h7-12,15,18,23-24,26H,3-6,13-14,16-17H2,1-2H3. The van der Waals surface area contributed by atoms with Crippen molar-refractivity contribution < 1.29 is 22.8 Å². The third-order valence-corrected chi connectivity index (χ3v) is 11.1. The van der Waals surface area contributed by atoms with Crippen LogP contribution < -0.4 is 0 Å². The fourth-order valence-corrected chi connectivity index (χ4v) is 8.52. The maximum absolute atomic E-state index is 14.4. The summed E-state index contributed by atoms with van der Waals surface area (Å²) in [6.45, 7) is 3.76. The lowest BCUT2D eigenvalue weighted by Crippen LogP contribution is -2.76. The van der Waals surface area contributed by atoms with Crippen LogP contribution in [0.2, 0.25) is 15.1 Å². The maximum Gasteiger partial charge on any atom is 0.248 e. The van der Waals surface area contributed by atoms with E-state index < -0.39 is 34.2 Å². The Kier molecular flexibility index (Phi) is 9.11. The zero-order valence-electron chi connectivity index (χ0n) is 23.4. The lowest BCUT2D eigenvalue weighted by atomic mass is 9.96. The number of rotatable bonds is 6. The number of hydrogen-bond donors (Lipinski definition) is 0. The molecular formula is C29H33Cl3N4O5S. The molecule has 0 bridgehead atoms. The van der Waals surface area contributed by atoms with E-state index in [9.17, 15) is 22.8 Å². The van der Waals surface area contributed by atoms with Crippen LogP contribution in [0, 0.1) is 0 Å². The average molecular weight is 656 g/mol. The molecule has 2 aromatic rings. The first kappa shape index (κ1) is 31.1. The molecule has 0 spiro atoms. The van der Waals surface area contributed by atoms with Gasteiger partial charge in [-0.2, -0.15) is 4.31 Å². The van der Waals surface area contributed by atoms with Crippen molar-refractivity contribution in [3.63, 3.8) is 0 Å². The number of nitrogens with zero attached hydrogens (tertiary/aromatic N) is 4. The van der Waals surface area contributed by atoms with E-state index in [1.165, 1.54) is 32.3 Å². The smallest absolute Gasteiger partial charge is 0.248 e. The first-order chi connectivity index (χ1) is 19.9. The van der Waals surface area contributed by atoms with Gasteiger partial charge in [-0.3, -0.25) is 14.4 Å². The Hall–Kier alpha value is -2.37. The van der Waals surface area contributed by atoms with Crippen LogP contribution in [-0.4, -0.2) is 89.1 Å². The molecule has 3 saturated heterocycles. The molecule has 5 rings (SSSR count). The number of piperazine rings is 1. The molecular weight excluding hydrogens is 623 g/mol. The van der Waals surface area contributed by atoms with Crippen molar-refractivity contribution in [3.8, 4) is 0 Å². The Bertz CT molecular complexity index is 1490. The molecule has 9 nitrogen and oxygen atoms in total. The summed E-state index contributed by atoms with van der Waals surface area (Å²) in [7, 11) is -4.31. The fourth-order valence-electron chi connectivity index (χ4n) is 6.07. The number of hydrogen-bond acceptors (Lipinski definition) is 5. The summed E-state index contributed by atoms with van der Waals surface area (Å²) in [5, 5.41) is 0.750. The molecule has 226 valence electrons. The monoisotopic (exact) mass is 654 g/mol. The van der Waals surface area contributed by atoms with Crippen LogP contribution in [0.4, 0.5) is 0 Å². The first-order valence-corrected chi connectivity index (χ1v) is 16.6. The molecule has 0 saturated carbocycles. The van der Waals surface area contributed by atoms with E-state index in [1.54, 1.807) is 29.2 Å². The number of halogens is 3. The predicted octanol–water partition coefficient (Wildman–Crippen LogP) is 4.44. The Balaban J connectivity index is 1.65. The maximum atomic E-state index is 14.4. The van der Waals surface area contributed by atoms with Gasteiger partial charge in [-0.1, -0.05) is 53.4 Å². The Morgan fingerprint density at radius 1 is 0.881 bits per heavy atom. The van der Waals surface area contributed by atoms with Gasteiger partial charge >= 0.3 is 0 Å². The molecule has 3 fully saturated rings. The summed E-state index contributed by atoms with van der Waals surface area (Å²) in [6, 6.07) is 8.78. The molecule has 3 heterocycles. The van der Waals surface area contributed by atoms with Crippen molar-refractivity contribution in [3.05, 3.63) is 63.1 Å².